The van der Waals surface area contributed by atoms with Crippen molar-refractivity contribution < 1.29 is 18.7 Å². The van der Waals surface area contributed by atoms with E-state index in [4.69, 9.17) is 9.15 Å². The van der Waals surface area contributed by atoms with Crippen molar-refractivity contribution in [2.24, 2.45) is 11.8 Å². The number of hydrogen-bond acceptors (Lipinski definition) is 5. The minimum Gasteiger partial charge on any atom is -0.438 e. The molecule has 2 rings (SSSR count). The zero-order valence-electron chi connectivity index (χ0n) is 11.0. The fourth-order valence-corrected chi connectivity index (χ4v) is 2.38. The largest absolute Gasteiger partial charge is 0.438 e. The van der Waals surface area contributed by atoms with E-state index in [1.165, 1.54) is 12.6 Å². The fraction of sp³-hybridized carbons (Fsp3) is 0.583. The summed E-state index contributed by atoms with van der Waals surface area (Å²) in [6, 6.07) is 0. The van der Waals surface area contributed by atoms with Crippen LogP contribution < -0.4 is 5.32 Å². The summed E-state index contributed by atoms with van der Waals surface area (Å²) in [5.41, 5.74) is 0. The van der Waals surface area contributed by atoms with E-state index in [1.807, 2.05) is 0 Å². The van der Waals surface area contributed by atoms with Crippen LogP contribution in [0.1, 0.15) is 10.6 Å². The van der Waals surface area contributed by atoms with Crippen LogP contribution in [0.4, 0.5) is 0 Å². The molecule has 0 spiro atoms. The van der Waals surface area contributed by atoms with Crippen molar-refractivity contribution in [3.63, 3.8) is 0 Å². The lowest BCUT2D eigenvalue weighted by molar-refractivity contribution is -0.125. The Labute approximate surface area is 110 Å². The second-order valence-electron chi connectivity index (χ2n) is 4.51. The highest BCUT2D eigenvalue weighted by Gasteiger charge is 2.39. The van der Waals surface area contributed by atoms with E-state index in [9.17, 15) is 9.59 Å². The molecule has 0 aliphatic carbocycles. The molecule has 104 valence electrons. The smallest absolute Gasteiger partial charge is 0.291 e. The third-order valence-electron chi connectivity index (χ3n) is 3.34. The van der Waals surface area contributed by atoms with Gasteiger partial charge in [-0.3, -0.25) is 9.59 Å². The van der Waals surface area contributed by atoms with E-state index < -0.39 is 0 Å². The number of nitrogens with zero attached hydrogens (tertiary/aromatic N) is 2. The molecule has 1 N–H and O–H groups in total. The van der Waals surface area contributed by atoms with Gasteiger partial charge in [0.2, 0.25) is 11.7 Å². The van der Waals surface area contributed by atoms with Crippen LogP contribution in [0.2, 0.25) is 0 Å². The Balaban J connectivity index is 2.09. The number of nitrogens with one attached hydrogen (secondary N) is 1. The van der Waals surface area contributed by atoms with Gasteiger partial charge in [-0.05, 0) is 0 Å². The van der Waals surface area contributed by atoms with E-state index in [1.54, 1.807) is 19.1 Å². The van der Waals surface area contributed by atoms with Gasteiger partial charge in [0.25, 0.3) is 5.91 Å². The minimum atomic E-state index is -0.253. The highest BCUT2D eigenvalue weighted by atomic mass is 16.5. The molecule has 1 aromatic rings. The number of rotatable bonds is 4. The van der Waals surface area contributed by atoms with Crippen molar-refractivity contribution in [1.29, 1.82) is 0 Å². The summed E-state index contributed by atoms with van der Waals surface area (Å²) in [4.78, 5) is 29.3. The molecule has 2 heterocycles. The molecule has 2 unspecified atom stereocenters. The molecule has 0 bridgehead atoms. The number of oxazole rings is 1. The van der Waals surface area contributed by atoms with Gasteiger partial charge in [-0.2, -0.15) is 0 Å². The maximum absolute atomic E-state index is 12.1. The summed E-state index contributed by atoms with van der Waals surface area (Å²) in [6.07, 6.45) is 2.59. The second-order valence-corrected chi connectivity index (χ2v) is 4.51. The summed E-state index contributed by atoms with van der Waals surface area (Å²) in [5, 5.41) is 2.62. The number of aromatic nitrogens is 1. The number of ether oxygens (including phenoxy) is 1. The van der Waals surface area contributed by atoms with Crippen LogP contribution in [0.25, 0.3) is 0 Å². The number of hydrogen-bond donors (Lipinski definition) is 1. The Morgan fingerprint density at radius 1 is 1.58 bits per heavy atom. The van der Waals surface area contributed by atoms with Gasteiger partial charge in [-0.15, -0.1) is 0 Å². The first kappa shape index (κ1) is 13.5. The topological polar surface area (TPSA) is 84.7 Å². The molecule has 0 radical (unpaired) electrons. The van der Waals surface area contributed by atoms with Gasteiger partial charge >= 0.3 is 0 Å². The Hall–Kier alpha value is -1.89. The van der Waals surface area contributed by atoms with E-state index >= 15 is 0 Å². The average molecular weight is 267 g/mol. The van der Waals surface area contributed by atoms with Crippen LogP contribution in [0, 0.1) is 11.8 Å². The second kappa shape index (κ2) is 5.83. The first-order valence-electron chi connectivity index (χ1n) is 6.05. The molecule has 1 fully saturated rings. The summed E-state index contributed by atoms with van der Waals surface area (Å²) < 4.78 is 10.1. The van der Waals surface area contributed by atoms with Gasteiger partial charge in [0.1, 0.15) is 0 Å². The molecule has 1 aliphatic heterocycles. The predicted octanol–water partition coefficient (Wildman–Crippen LogP) is -0.245. The van der Waals surface area contributed by atoms with Gasteiger partial charge in [0, 0.05) is 33.2 Å². The lowest BCUT2D eigenvalue weighted by Crippen LogP contribution is -2.34. The van der Waals surface area contributed by atoms with Gasteiger partial charge in [0.05, 0.1) is 18.7 Å². The Morgan fingerprint density at radius 3 is 2.95 bits per heavy atom. The number of carbonyl (C=O) groups is 2. The van der Waals surface area contributed by atoms with Crippen LogP contribution in [0.3, 0.4) is 0 Å². The molecular formula is C12H17N3O4. The number of methoxy groups -OCH3 is 1. The summed E-state index contributed by atoms with van der Waals surface area (Å²) >= 11 is 0. The van der Waals surface area contributed by atoms with Crippen LogP contribution in [0.5, 0.6) is 0 Å². The first-order chi connectivity index (χ1) is 9.17. The van der Waals surface area contributed by atoms with Gasteiger partial charge in [-0.1, -0.05) is 0 Å². The standard InChI is InChI=1S/C12H17N3O4/c1-13-11(16)9-5-15(4-8(9)6-18-2)12(17)10-3-14-7-19-10/h3,7-9H,4-6H2,1-2H3,(H,13,16). The van der Waals surface area contributed by atoms with E-state index in [0.29, 0.717) is 19.7 Å². The molecule has 7 heteroatoms. The average Bonchev–Trinajstić information content (AvgIpc) is 3.07. The molecule has 1 aliphatic rings. The quantitative estimate of drug-likeness (QED) is 0.813. The molecule has 2 amide bonds. The van der Waals surface area contributed by atoms with E-state index in [0.717, 1.165) is 0 Å². The van der Waals surface area contributed by atoms with Crippen LogP contribution in [-0.2, 0) is 9.53 Å². The van der Waals surface area contributed by atoms with Crippen molar-refractivity contribution >= 4 is 11.8 Å². The molecule has 0 saturated carbocycles. The maximum Gasteiger partial charge on any atom is 0.291 e. The number of carbonyl (C=O) groups excluding carboxylic acids is 2. The number of likely N-dealkylation sites (tertiary alicyclic amines) is 1. The van der Waals surface area contributed by atoms with Crippen molar-refractivity contribution in [2.75, 3.05) is 33.9 Å². The Morgan fingerprint density at radius 2 is 2.37 bits per heavy atom. The Bertz CT molecular complexity index is 446. The van der Waals surface area contributed by atoms with Gasteiger partial charge in [-0.25, -0.2) is 4.98 Å². The van der Waals surface area contributed by atoms with Crippen molar-refractivity contribution in [2.45, 2.75) is 0 Å². The molecule has 0 aromatic carbocycles. The molecule has 7 nitrogen and oxygen atoms in total. The maximum atomic E-state index is 12.1. The third-order valence-corrected chi connectivity index (χ3v) is 3.34. The van der Waals surface area contributed by atoms with Crippen LogP contribution in [0.15, 0.2) is 17.0 Å². The zero-order chi connectivity index (χ0) is 13.8. The molecule has 1 aromatic heterocycles. The van der Waals surface area contributed by atoms with Crippen molar-refractivity contribution in [1.82, 2.24) is 15.2 Å². The molecular weight excluding hydrogens is 250 g/mol. The summed E-state index contributed by atoms with van der Waals surface area (Å²) in [7, 11) is 3.18. The Kier molecular flexibility index (Phi) is 4.16. The lowest BCUT2D eigenvalue weighted by atomic mass is 9.96. The van der Waals surface area contributed by atoms with Gasteiger partial charge in [0.15, 0.2) is 6.39 Å². The highest BCUT2D eigenvalue weighted by molar-refractivity contribution is 5.92. The van der Waals surface area contributed by atoms with Crippen LogP contribution in [-0.4, -0.2) is 55.6 Å². The van der Waals surface area contributed by atoms with E-state index in [-0.39, 0.29) is 29.4 Å². The monoisotopic (exact) mass is 267 g/mol. The summed E-state index contributed by atoms with van der Waals surface area (Å²) in [5.74, 6) is -0.387. The molecule has 1 saturated heterocycles. The lowest BCUT2D eigenvalue weighted by Gasteiger charge is -2.14. The van der Waals surface area contributed by atoms with Crippen molar-refractivity contribution in [3.05, 3.63) is 18.4 Å². The minimum absolute atomic E-state index is 0.00294. The third kappa shape index (κ3) is 2.76. The fourth-order valence-electron chi connectivity index (χ4n) is 2.38. The van der Waals surface area contributed by atoms with E-state index in [2.05, 4.69) is 10.3 Å². The number of amides is 2. The predicted molar refractivity (Wildman–Crippen MR) is 65.3 cm³/mol. The molecule has 19 heavy (non-hydrogen) atoms. The first-order valence-corrected chi connectivity index (χ1v) is 6.05. The normalized spacial score (nSPS) is 22.5. The molecule has 2 atom stereocenters. The summed E-state index contributed by atoms with van der Waals surface area (Å²) in [6.45, 7) is 1.29. The van der Waals surface area contributed by atoms with Gasteiger partial charge < -0.3 is 19.4 Å². The highest BCUT2D eigenvalue weighted by Crippen LogP contribution is 2.25. The zero-order valence-corrected chi connectivity index (χ0v) is 11.0. The van der Waals surface area contributed by atoms with Crippen molar-refractivity contribution in [3.8, 4) is 0 Å². The van der Waals surface area contributed by atoms with Crippen LogP contribution >= 0.6 is 0 Å². The SMILES string of the molecule is CNC(=O)C1CN(C(=O)c2cnco2)CC1COC.